The number of nitrogens with zero attached hydrogens (tertiary/aromatic N) is 1. The summed E-state index contributed by atoms with van der Waals surface area (Å²) in [6.07, 6.45) is 1.41. The average molecular weight is 261 g/mol. The number of aliphatic hydroxyl groups excluding tert-OH is 1. The fourth-order valence-electron chi connectivity index (χ4n) is 2.24. The molecule has 0 unspecified atom stereocenters. The average Bonchev–Trinajstić information content (AvgIpc) is 2.61. The van der Waals surface area contributed by atoms with Crippen molar-refractivity contribution < 1.29 is 9.84 Å². The topological polar surface area (TPSA) is 32.7 Å². The predicted molar refractivity (Wildman–Crippen MR) is 74.7 cm³/mol. The van der Waals surface area contributed by atoms with Gasteiger partial charge < -0.3 is 9.84 Å². The normalized spacial score (nSPS) is 25.8. The number of rotatable bonds is 6. The Hall–Kier alpha value is 0.230. The van der Waals surface area contributed by atoms with E-state index in [0.29, 0.717) is 16.9 Å². The van der Waals surface area contributed by atoms with E-state index >= 15 is 0 Å². The maximum atomic E-state index is 9.15. The lowest BCUT2D eigenvalue weighted by Crippen LogP contribution is -2.42. The third kappa shape index (κ3) is 5.60. The molecule has 0 aromatic heterocycles. The van der Waals surface area contributed by atoms with Gasteiger partial charge in [0.2, 0.25) is 0 Å². The molecule has 1 aliphatic heterocycles. The smallest absolute Gasteiger partial charge is 0.0703 e. The highest BCUT2D eigenvalue weighted by atomic mass is 32.2. The predicted octanol–water partition coefficient (Wildman–Crippen LogP) is 1.99. The van der Waals surface area contributed by atoms with E-state index in [1.807, 2.05) is 11.8 Å². The molecule has 1 heterocycles. The van der Waals surface area contributed by atoms with E-state index in [1.54, 1.807) is 0 Å². The van der Waals surface area contributed by atoms with E-state index in [-0.39, 0.29) is 6.61 Å². The largest absolute Gasteiger partial charge is 0.395 e. The van der Waals surface area contributed by atoms with Crippen molar-refractivity contribution in [2.45, 2.75) is 51.0 Å². The molecule has 1 fully saturated rings. The quantitative estimate of drug-likeness (QED) is 0.792. The summed E-state index contributed by atoms with van der Waals surface area (Å²) < 4.78 is 5.93. The van der Waals surface area contributed by atoms with Gasteiger partial charge in [0.25, 0.3) is 0 Å². The summed E-state index contributed by atoms with van der Waals surface area (Å²) in [6.45, 7) is 11.8. The molecule has 0 saturated carbocycles. The minimum Gasteiger partial charge on any atom is -0.395 e. The van der Waals surface area contributed by atoms with Crippen LogP contribution in [-0.4, -0.2) is 59.0 Å². The molecule has 0 aromatic rings. The minimum absolute atomic E-state index is 0.239. The summed E-state index contributed by atoms with van der Waals surface area (Å²) in [5.74, 6) is 1.12. The van der Waals surface area contributed by atoms with Crippen molar-refractivity contribution >= 4 is 11.8 Å². The zero-order valence-electron chi connectivity index (χ0n) is 11.6. The van der Waals surface area contributed by atoms with Crippen molar-refractivity contribution in [1.82, 2.24) is 4.90 Å². The minimum atomic E-state index is 0.239. The van der Waals surface area contributed by atoms with Gasteiger partial charge in [-0.15, -0.1) is 0 Å². The molecule has 0 aromatic carbocycles. The molecule has 1 aliphatic rings. The molecule has 4 heteroatoms. The van der Waals surface area contributed by atoms with Crippen molar-refractivity contribution in [1.29, 1.82) is 0 Å². The Kier molecular flexibility index (Phi) is 6.27. The van der Waals surface area contributed by atoms with Gasteiger partial charge in [-0.1, -0.05) is 20.8 Å². The van der Waals surface area contributed by atoms with Gasteiger partial charge in [0.05, 0.1) is 12.7 Å². The number of thioether (sulfide) groups is 1. The maximum Gasteiger partial charge on any atom is 0.0703 e. The number of aliphatic hydroxyl groups is 1. The zero-order valence-corrected chi connectivity index (χ0v) is 12.4. The van der Waals surface area contributed by atoms with E-state index in [0.717, 1.165) is 31.9 Å². The van der Waals surface area contributed by atoms with Crippen LogP contribution < -0.4 is 0 Å². The van der Waals surface area contributed by atoms with Gasteiger partial charge in [-0.3, -0.25) is 4.90 Å². The van der Waals surface area contributed by atoms with Gasteiger partial charge in [-0.25, -0.2) is 0 Å². The van der Waals surface area contributed by atoms with E-state index < -0.39 is 0 Å². The maximum absolute atomic E-state index is 9.15. The van der Waals surface area contributed by atoms with Crippen LogP contribution >= 0.6 is 11.8 Å². The summed E-state index contributed by atoms with van der Waals surface area (Å²) in [5, 5.41) is 9.15. The molecule has 1 rings (SSSR count). The Morgan fingerprint density at radius 3 is 2.53 bits per heavy atom. The molecule has 2 atom stereocenters. The van der Waals surface area contributed by atoms with Crippen molar-refractivity contribution in [3.8, 4) is 0 Å². The molecule has 0 amide bonds. The fourth-order valence-corrected chi connectivity index (χ4v) is 3.18. The summed E-state index contributed by atoms with van der Waals surface area (Å²) in [5.41, 5.74) is 0. The third-order valence-electron chi connectivity index (χ3n) is 3.11. The fraction of sp³-hybridized carbons (Fsp3) is 1.00. The number of hydrogen-bond acceptors (Lipinski definition) is 4. The van der Waals surface area contributed by atoms with Crippen LogP contribution in [0.25, 0.3) is 0 Å². The first kappa shape index (κ1) is 15.3. The van der Waals surface area contributed by atoms with Crippen LogP contribution in [0.3, 0.4) is 0 Å². The molecule has 102 valence electrons. The van der Waals surface area contributed by atoms with E-state index in [4.69, 9.17) is 9.84 Å². The first-order chi connectivity index (χ1) is 7.94. The van der Waals surface area contributed by atoms with Crippen LogP contribution in [0.4, 0.5) is 0 Å². The summed E-state index contributed by atoms with van der Waals surface area (Å²) in [6, 6.07) is 0.489. The highest BCUT2D eigenvalue weighted by Crippen LogP contribution is 2.24. The summed E-state index contributed by atoms with van der Waals surface area (Å²) in [7, 11) is 0. The lowest BCUT2D eigenvalue weighted by atomic mass is 10.1. The van der Waals surface area contributed by atoms with Crippen molar-refractivity contribution in [2.75, 3.05) is 32.1 Å². The molecule has 0 bridgehead atoms. The van der Waals surface area contributed by atoms with E-state index in [1.165, 1.54) is 0 Å². The van der Waals surface area contributed by atoms with E-state index in [2.05, 4.69) is 32.6 Å². The van der Waals surface area contributed by atoms with Crippen molar-refractivity contribution in [2.24, 2.45) is 0 Å². The molecule has 1 saturated heterocycles. The number of hydrogen-bond donors (Lipinski definition) is 1. The lowest BCUT2D eigenvalue weighted by Gasteiger charge is -2.31. The molecule has 0 aliphatic carbocycles. The molecular formula is C13H27NO2S. The van der Waals surface area contributed by atoms with Gasteiger partial charge in [0.15, 0.2) is 0 Å². The lowest BCUT2D eigenvalue weighted by molar-refractivity contribution is 0.0687. The highest BCUT2D eigenvalue weighted by Gasteiger charge is 2.29. The third-order valence-corrected chi connectivity index (χ3v) is 4.36. The Balaban J connectivity index is 2.37. The molecule has 0 spiro atoms. The standard InChI is InChI=1S/C13H27NO2S/c1-11-12(5-9-16-11)14(6-8-15)7-10-17-13(2,3)4/h11-12,15H,5-10H2,1-4H3/t11-,12-/m1/s1. The SMILES string of the molecule is C[C@H]1OCC[C@H]1N(CCO)CCSC(C)(C)C. The van der Waals surface area contributed by atoms with Crippen LogP contribution in [0.5, 0.6) is 0 Å². The highest BCUT2D eigenvalue weighted by molar-refractivity contribution is 8.00. The second-order valence-electron chi connectivity index (χ2n) is 5.65. The Morgan fingerprint density at radius 2 is 2.06 bits per heavy atom. The van der Waals surface area contributed by atoms with E-state index in [9.17, 15) is 0 Å². The second kappa shape index (κ2) is 6.98. The summed E-state index contributed by atoms with van der Waals surface area (Å²) in [4.78, 5) is 2.39. The Labute approximate surface area is 110 Å². The van der Waals surface area contributed by atoms with Crippen molar-refractivity contribution in [3.63, 3.8) is 0 Å². The van der Waals surface area contributed by atoms with Crippen LogP contribution in [0.2, 0.25) is 0 Å². The Bertz CT molecular complexity index is 218. The second-order valence-corrected chi connectivity index (χ2v) is 7.57. The number of ether oxygens (including phenoxy) is 1. The van der Waals surface area contributed by atoms with Gasteiger partial charge >= 0.3 is 0 Å². The first-order valence-electron chi connectivity index (χ1n) is 6.54. The van der Waals surface area contributed by atoms with Crippen LogP contribution in [0.15, 0.2) is 0 Å². The molecule has 17 heavy (non-hydrogen) atoms. The van der Waals surface area contributed by atoms with Gasteiger partial charge in [0, 0.05) is 36.2 Å². The molecule has 3 nitrogen and oxygen atoms in total. The van der Waals surface area contributed by atoms with Crippen LogP contribution in [-0.2, 0) is 4.74 Å². The Morgan fingerprint density at radius 1 is 1.35 bits per heavy atom. The van der Waals surface area contributed by atoms with Crippen LogP contribution in [0.1, 0.15) is 34.1 Å². The molecule has 0 radical (unpaired) electrons. The van der Waals surface area contributed by atoms with Crippen LogP contribution in [0, 0.1) is 0 Å². The molecular weight excluding hydrogens is 234 g/mol. The summed E-state index contributed by atoms with van der Waals surface area (Å²) >= 11 is 1.98. The van der Waals surface area contributed by atoms with Gasteiger partial charge in [0.1, 0.15) is 0 Å². The monoisotopic (exact) mass is 261 g/mol. The van der Waals surface area contributed by atoms with Gasteiger partial charge in [-0.2, -0.15) is 11.8 Å². The molecule has 1 N–H and O–H groups in total. The zero-order chi connectivity index (χ0) is 12.9. The van der Waals surface area contributed by atoms with Crippen molar-refractivity contribution in [3.05, 3.63) is 0 Å². The first-order valence-corrected chi connectivity index (χ1v) is 7.53. The van der Waals surface area contributed by atoms with Gasteiger partial charge in [-0.05, 0) is 13.3 Å².